The first-order valence-electron chi connectivity index (χ1n) is 8.52. The molecule has 0 heterocycles. The van der Waals surface area contributed by atoms with E-state index in [0.717, 1.165) is 25.8 Å². The van der Waals surface area contributed by atoms with Crippen LogP contribution in [0.2, 0.25) is 0 Å². The van der Waals surface area contributed by atoms with Crippen molar-refractivity contribution in [3.05, 3.63) is 41.5 Å². The van der Waals surface area contributed by atoms with Gasteiger partial charge in [-0.1, -0.05) is 18.2 Å². The van der Waals surface area contributed by atoms with E-state index in [-0.39, 0.29) is 6.04 Å². The maximum atomic E-state index is 11.5. The van der Waals surface area contributed by atoms with Crippen LogP contribution >= 0.6 is 0 Å². The van der Waals surface area contributed by atoms with Crippen molar-refractivity contribution in [3.63, 3.8) is 0 Å². The van der Waals surface area contributed by atoms with Gasteiger partial charge in [0.1, 0.15) is 11.4 Å². The number of phenols is 1. The van der Waals surface area contributed by atoms with Crippen LogP contribution in [0.15, 0.2) is 30.4 Å². The van der Waals surface area contributed by atoms with Gasteiger partial charge in [-0.25, -0.2) is 4.79 Å². The molecule has 1 aromatic rings. The predicted octanol–water partition coefficient (Wildman–Crippen LogP) is 3.44. The van der Waals surface area contributed by atoms with Crippen molar-refractivity contribution < 1.29 is 14.6 Å². The van der Waals surface area contributed by atoms with Gasteiger partial charge in [-0.05, 0) is 63.3 Å². The maximum Gasteiger partial charge on any atom is 0.407 e. The molecule has 2 rings (SSSR count). The first-order chi connectivity index (χ1) is 11.3. The number of hydrogen-bond acceptors (Lipinski definition) is 4. The topological polar surface area (TPSA) is 70.6 Å². The molecule has 0 radical (unpaired) electrons. The van der Waals surface area contributed by atoms with Crippen molar-refractivity contribution in [2.24, 2.45) is 0 Å². The molecule has 1 aromatic carbocycles. The standard InChI is InChI=1S/C19H28N2O3/c1-19(2,3)24-18(23)21-12-5-4-11-20-17-8-6-7-14-9-10-15(22)13-16(14)17/h4-5,9-10,13,17,20,22H,6-8,11-12H2,1-3H3,(H,21,23)/b5-4+. The average molecular weight is 332 g/mol. The Hall–Kier alpha value is -2.01. The van der Waals surface area contributed by atoms with Gasteiger partial charge in [0, 0.05) is 19.1 Å². The number of phenolic OH excluding ortho intramolecular Hbond substituents is 1. The monoisotopic (exact) mass is 332 g/mol. The lowest BCUT2D eigenvalue weighted by Crippen LogP contribution is -2.32. The van der Waals surface area contributed by atoms with Gasteiger partial charge in [-0.3, -0.25) is 0 Å². The summed E-state index contributed by atoms with van der Waals surface area (Å²) in [6, 6.07) is 5.90. The third-order valence-electron chi connectivity index (χ3n) is 3.86. The van der Waals surface area contributed by atoms with Crippen molar-refractivity contribution in [2.45, 2.75) is 51.7 Å². The fourth-order valence-corrected chi connectivity index (χ4v) is 2.83. The number of fused-ring (bicyclic) bond motifs is 1. The van der Waals surface area contributed by atoms with Crippen molar-refractivity contribution >= 4 is 6.09 Å². The lowest BCUT2D eigenvalue weighted by molar-refractivity contribution is 0.0534. The maximum absolute atomic E-state index is 11.5. The Morgan fingerprint density at radius 2 is 2.08 bits per heavy atom. The zero-order chi connectivity index (χ0) is 17.6. The Morgan fingerprint density at radius 3 is 2.83 bits per heavy atom. The third kappa shape index (κ3) is 5.89. The lowest BCUT2D eigenvalue weighted by atomic mass is 9.87. The summed E-state index contributed by atoms with van der Waals surface area (Å²) in [5.41, 5.74) is 2.03. The molecule has 1 aliphatic rings. The van der Waals surface area contributed by atoms with Crippen molar-refractivity contribution in [1.29, 1.82) is 0 Å². The first-order valence-corrected chi connectivity index (χ1v) is 8.52. The Labute approximate surface area is 144 Å². The van der Waals surface area contributed by atoms with Gasteiger partial charge >= 0.3 is 6.09 Å². The van der Waals surface area contributed by atoms with E-state index >= 15 is 0 Å². The molecule has 0 fully saturated rings. The molecule has 1 unspecified atom stereocenters. The van der Waals surface area contributed by atoms with Gasteiger partial charge < -0.3 is 20.5 Å². The van der Waals surface area contributed by atoms with Crippen LogP contribution in [0.25, 0.3) is 0 Å². The average Bonchev–Trinajstić information content (AvgIpc) is 2.49. The molecule has 132 valence electrons. The van der Waals surface area contributed by atoms with Gasteiger partial charge in [0.25, 0.3) is 0 Å². The van der Waals surface area contributed by atoms with Gasteiger partial charge in [0.15, 0.2) is 0 Å². The summed E-state index contributed by atoms with van der Waals surface area (Å²) in [6.07, 6.45) is 6.79. The molecular weight excluding hydrogens is 304 g/mol. The van der Waals surface area contributed by atoms with Gasteiger partial charge in [0.05, 0.1) is 0 Å². The quantitative estimate of drug-likeness (QED) is 0.722. The molecule has 0 saturated carbocycles. The van der Waals surface area contributed by atoms with E-state index in [1.807, 2.05) is 45.1 Å². The second kappa shape index (κ2) is 8.20. The van der Waals surface area contributed by atoms with Crippen LogP contribution in [0.1, 0.15) is 50.8 Å². The summed E-state index contributed by atoms with van der Waals surface area (Å²) < 4.78 is 5.17. The molecule has 1 atom stereocenters. The van der Waals surface area contributed by atoms with Gasteiger partial charge in [-0.2, -0.15) is 0 Å². The summed E-state index contributed by atoms with van der Waals surface area (Å²) >= 11 is 0. The van der Waals surface area contributed by atoms with Crippen LogP contribution in [0.3, 0.4) is 0 Å². The number of hydrogen-bond donors (Lipinski definition) is 3. The minimum Gasteiger partial charge on any atom is -0.508 e. The molecule has 1 aliphatic carbocycles. The number of nitrogens with one attached hydrogen (secondary N) is 2. The zero-order valence-corrected chi connectivity index (χ0v) is 14.8. The first kappa shape index (κ1) is 18.3. The number of amides is 1. The van der Waals surface area contributed by atoms with E-state index in [1.165, 1.54) is 11.1 Å². The van der Waals surface area contributed by atoms with E-state index < -0.39 is 11.7 Å². The minimum absolute atomic E-state index is 0.268. The van der Waals surface area contributed by atoms with Crippen LogP contribution in [0.4, 0.5) is 4.79 Å². The van der Waals surface area contributed by atoms with Crippen LogP contribution in [0, 0.1) is 0 Å². The zero-order valence-electron chi connectivity index (χ0n) is 14.8. The summed E-state index contributed by atoms with van der Waals surface area (Å²) in [7, 11) is 0. The summed E-state index contributed by atoms with van der Waals surface area (Å²) in [5, 5.41) is 15.9. The van der Waals surface area contributed by atoms with E-state index in [9.17, 15) is 9.90 Å². The SMILES string of the molecule is CC(C)(C)OC(=O)NC/C=C/CNC1CCCc2ccc(O)cc21. The minimum atomic E-state index is -0.477. The number of carbonyl (C=O) groups is 1. The van der Waals surface area contributed by atoms with Crippen molar-refractivity contribution in [2.75, 3.05) is 13.1 Å². The van der Waals surface area contributed by atoms with Crippen molar-refractivity contribution in [1.82, 2.24) is 10.6 Å². The summed E-state index contributed by atoms with van der Waals surface area (Å²) in [6.45, 7) is 6.68. The van der Waals surface area contributed by atoms with Crippen molar-refractivity contribution in [3.8, 4) is 5.75 Å². The highest BCUT2D eigenvalue weighted by atomic mass is 16.6. The van der Waals surface area contributed by atoms with Crippen LogP contribution in [-0.2, 0) is 11.2 Å². The Morgan fingerprint density at radius 1 is 1.33 bits per heavy atom. The second-order valence-electron chi connectivity index (χ2n) is 7.09. The fourth-order valence-electron chi connectivity index (χ4n) is 2.83. The van der Waals surface area contributed by atoms with Gasteiger partial charge in [-0.15, -0.1) is 0 Å². The van der Waals surface area contributed by atoms with Gasteiger partial charge in [0.2, 0.25) is 0 Å². The van der Waals surface area contributed by atoms with E-state index in [0.29, 0.717) is 12.3 Å². The predicted molar refractivity (Wildman–Crippen MR) is 95.2 cm³/mol. The van der Waals surface area contributed by atoms with Crippen LogP contribution in [0.5, 0.6) is 5.75 Å². The number of aryl methyl sites for hydroxylation is 1. The second-order valence-corrected chi connectivity index (χ2v) is 7.09. The molecule has 0 saturated heterocycles. The normalized spacial score (nSPS) is 17.5. The molecule has 24 heavy (non-hydrogen) atoms. The molecule has 0 aromatic heterocycles. The van der Waals surface area contributed by atoms with E-state index in [2.05, 4.69) is 10.6 Å². The van der Waals surface area contributed by atoms with E-state index in [1.54, 1.807) is 6.07 Å². The highest BCUT2D eigenvalue weighted by Crippen LogP contribution is 2.31. The lowest BCUT2D eigenvalue weighted by Gasteiger charge is -2.26. The molecule has 0 bridgehead atoms. The highest BCUT2D eigenvalue weighted by Gasteiger charge is 2.19. The van der Waals surface area contributed by atoms with Crippen LogP contribution in [-0.4, -0.2) is 29.9 Å². The number of alkyl carbamates (subject to hydrolysis) is 1. The number of ether oxygens (including phenoxy) is 1. The molecule has 1 amide bonds. The Kier molecular flexibility index (Phi) is 6.26. The van der Waals surface area contributed by atoms with E-state index in [4.69, 9.17) is 4.74 Å². The smallest absolute Gasteiger partial charge is 0.407 e. The summed E-state index contributed by atoms with van der Waals surface area (Å²) in [4.78, 5) is 11.5. The number of benzene rings is 1. The number of carbonyl (C=O) groups excluding carboxylic acids is 1. The third-order valence-corrected chi connectivity index (χ3v) is 3.86. The molecule has 0 aliphatic heterocycles. The summed E-state index contributed by atoms with van der Waals surface area (Å²) in [5.74, 6) is 0.319. The number of rotatable bonds is 5. The molecule has 5 nitrogen and oxygen atoms in total. The number of aromatic hydroxyl groups is 1. The molecule has 3 N–H and O–H groups in total. The Bertz CT molecular complexity index is 591. The fraction of sp³-hybridized carbons (Fsp3) is 0.526. The molecular formula is C19H28N2O3. The largest absolute Gasteiger partial charge is 0.508 e. The molecule has 5 heteroatoms. The molecule has 0 spiro atoms. The van der Waals surface area contributed by atoms with Crippen LogP contribution < -0.4 is 10.6 Å². The highest BCUT2D eigenvalue weighted by molar-refractivity contribution is 5.67. The Balaban J connectivity index is 1.73.